The van der Waals surface area contributed by atoms with Gasteiger partial charge in [-0.05, 0) is 61.6 Å². The van der Waals surface area contributed by atoms with E-state index in [4.69, 9.17) is 0 Å². The largest absolute Gasteiger partial charge is 0.361 e. The van der Waals surface area contributed by atoms with Gasteiger partial charge in [0.05, 0.1) is 5.75 Å². The Morgan fingerprint density at radius 2 is 2.28 bits per heavy atom. The zero-order chi connectivity index (χ0) is 17.4. The second kappa shape index (κ2) is 7.16. The fraction of sp³-hybridized carbons (Fsp3) is 0.571. The average Bonchev–Trinajstić information content (AvgIpc) is 3.00. The standard InChI is InChI=1S/C21H28N2OS/c1-3-7-23-11-15(13-25-12-14(2)24)8-18-17-5-4-6-19-21(17)16(10-22-19)9-20(18)23/h4-6,10,15,18,20,22H,3,7-9,11-13H2,1-2H3/t15?,18-,20?/m1/s1. The van der Waals surface area contributed by atoms with Crippen molar-refractivity contribution in [1.29, 1.82) is 0 Å². The van der Waals surface area contributed by atoms with Crippen molar-refractivity contribution in [3.63, 3.8) is 0 Å². The van der Waals surface area contributed by atoms with Crippen molar-refractivity contribution < 1.29 is 4.79 Å². The summed E-state index contributed by atoms with van der Waals surface area (Å²) in [7, 11) is 0. The van der Waals surface area contributed by atoms with Crippen LogP contribution in [0, 0.1) is 5.92 Å². The van der Waals surface area contributed by atoms with Crippen molar-refractivity contribution in [1.82, 2.24) is 9.88 Å². The molecule has 4 rings (SSSR count). The quantitative estimate of drug-likeness (QED) is 0.841. The summed E-state index contributed by atoms with van der Waals surface area (Å²) in [5, 5.41) is 1.48. The summed E-state index contributed by atoms with van der Waals surface area (Å²) in [6.45, 7) is 6.36. The van der Waals surface area contributed by atoms with E-state index in [2.05, 4.69) is 41.2 Å². The molecule has 25 heavy (non-hydrogen) atoms. The Labute approximate surface area is 154 Å². The Balaban J connectivity index is 1.61. The lowest BCUT2D eigenvalue weighted by Crippen LogP contribution is -2.50. The molecule has 1 aliphatic heterocycles. The van der Waals surface area contributed by atoms with Crippen molar-refractivity contribution in [2.75, 3.05) is 24.6 Å². The number of hydrogen-bond acceptors (Lipinski definition) is 3. The third-order valence-electron chi connectivity index (χ3n) is 5.83. The predicted octanol–water partition coefficient (Wildman–Crippen LogP) is 4.23. The number of carbonyl (C=O) groups is 1. The van der Waals surface area contributed by atoms with Gasteiger partial charge in [0, 0.05) is 35.6 Å². The number of carbonyl (C=O) groups excluding carboxylic acids is 1. The minimum absolute atomic E-state index is 0.295. The van der Waals surface area contributed by atoms with E-state index >= 15 is 0 Å². The smallest absolute Gasteiger partial charge is 0.139 e. The summed E-state index contributed by atoms with van der Waals surface area (Å²) in [6, 6.07) is 7.41. The van der Waals surface area contributed by atoms with Gasteiger partial charge in [0.1, 0.15) is 5.78 Å². The molecule has 2 heterocycles. The average molecular weight is 357 g/mol. The van der Waals surface area contributed by atoms with E-state index in [0.717, 1.165) is 5.75 Å². The lowest BCUT2D eigenvalue weighted by molar-refractivity contribution is -0.114. The van der Waals surface area contributed by atoms with Crippen LogP contribution >= 0.6 is 11.8 Å². The highest BCUT2D eigenvalue weighted by Crippen LogP contribution is 2.45. The Hall–Kier alpha value is -1.26. The molecule has 3 nitrogen and oxygen atoms in total. The Bertz CT molecular complexity index is 768. The number of fused-ring (bicyclic) bond motifs is 2. The van der Waals surface area contributed by atoms with Crippen molar-refractivity contribution in [2.24, 2.45) is 5.92 Å². The molecular weight excluding hydrogens is 328 g/mol. The van der Waals surface area contributed by atoms with E-state index in [-0.39, 0.29) is 0 Å². The maximum atomic E-state index is 11.3. The zero-order valence-electron chi connectivity index (χ0n) is 15.3. The normalized spacial score (nSPS) is 25.9. The van der Waals surface area contributed by atoms with Crippen LogP contribution in [-0.4, -0.2) is 46.3 Å². The molecule has 0 amide bonds. The second-order valence-electron chi connectivity index (χ2n) is 7.78. The molecule has 0 saturated carbocycles. The van der Waals surface area contributed by atoms with Crippen LogP contribution in [-0.2, 0) is 11.2 Å². The van der Waals surface area contributed by atoms with E-state index < -0.39 is 0 Å². The number of aromatic nitrogens is 1. The van der Waals surface area contributed by atoms with Crippen LogP contribution in [0.15, 0.2) is 24.4 Å². The number of benzene rings is 1. The molecule has 0 radical (unpaired) electrons. The number of rotatable bonds is 6. The summed E-state index contributed by atoms with van der Waals surface area (Å²) < 4.78 is 0. The summed E-state index contributed by atoms with van der Waals surface area (Å²) >= 11 is 1.82. The molecule has 0 spiro atoms. The van der Waals surface area contributed by atoms with Crippen LogP contribution in [0.2, 0.25) is 0 Å². The van der Waals surface area contributed by atoms with E-state index in [1.807, 2.05) is 11.8 Å². The molecule has 2 aliphatic rings. The van der Waals surface area contributed by atoms with Crippen LogP contribution in [0.4, 0.5) is 0 Å². The summed E-state index contributed by atoms with van der Waals surface area (Å²) in [6.07, 6.45) is 5.87. The molecule has 0 bridgehead atoms. The van der Waals surface area contributed by atoms with Crippen LogP contribution in [0.25, 0.3) is 10.9 Å². The van der Waals surface area contributed by atoms with Gasteiger partial charge in [0.2, 0.25) is 0 Å². The van der Waals surface area contributed by atoms with Gasteiger partial charge in [0.15, 0.2) is 0 Å². The van der Waals surface area contributed by atoms with E-state index in [1.165, 1.54) is 48.8 Å². The van der Waals surface area contributed by atoms with Gasteiger partial charge >= 0.3 is 0 Å². The maximum Gasteiger partial charge on any atom is 0.139 e. The summed E-state index contributed by atoms with van der Waals surface area (Å²) in [5.41, 5.74) is 4.34. The van der Waals surface area contributed by atoms with Crippen LogP contribution < -0.4 is 0 Å². The fourth-order valence-corrected chi connectivity index (χ4v) is 5.91. The van der Waals surface area contributed by atoms with Gasteiger partial charge in [0.25, 0.3) is 0 Å². The van der Waals surface area contributed by atoms with Gasteiger partial charge in [-0.15, -0.1) is 0 Å². The molecule has 1 aliphatic carbocycles. The monoisotopic (exact) mass is 356 g/mol. The molecule has 1 N–H and O–H groups in total. The van der Waals surface area contributed by atoms with Crippen LogP contribution in [0.3, 0.4) is 0 Å². The fourth-order valence-electron chi connectivity index (χ4n) is 4.93. The Morgan fingerprint density at radius 1 is 1.40 bits per heavy atom. The Morgan fingerprint density at radius 3 is 3.08 bits per heavy atom. The second-order valence-corrected chi connectivity index (χ2v) is 8.81. The highest BCUT2D eigenvalue weighted by molar-refractivity contribution is 7.99. The van der Waals surface area contributed by atoms with Gasteiger partial charge < -0.3 is 4.98 Å². The highest BCUT2D eigenvalue weighted by atomic mass is 32.2. The topological polar surface area (TPSA) is 36.1 Å². The first kappa shape index (κ1) is 17.2. The maximum absolute atomic E-state index is 11.3. The molecule has 1 fully saturated rings. The number of likely N-dealkylation sites (tertiary alicyclic amines) is 1. The SMILES string of the molecule is CCCN1CC(CSCC(C)=O)C[C@@H]2c3cccc4[nH]cc(c34)CC21. The molecule has 2 aromatic rings. The molecular formula is C21H28N2OS. The number of ketones is 1. The number of thioether (sulfide) groups is 1. The van der Waals surface area contributed by atoms with Crippen molar-refractivity contribution in [3.05, 3.63) is 35.5 Å². The number of hydrogen-bond donors (Lipinski definition) is 1. The van der Waals surface area contributed by atoms with E-state index in [1.54, 1.807) is 12.5 Å². The van der Waals surface area contributed by atoms with Crippen molar-refractivity contribution in [3.8, 4) is 0 Å². The first-order chi connectivity index (χ1) is 12.2. The molecule has 134 valence electrons. The lowest BCUT2D eigenvalue weighted by Gasteiger charge is -2.47. The Kier molecular flexibility index (Phi) is 4.92. The minimum atomic E-state index is 0.295. The number of nitrogens with zero attached hydrogens (tertiary/aromatic N) is 1. The van der Waals surface area contributed by atoms with Crippen LogP contribution in [0.1, 0.15) is 43.7 Å². The predicted molar refractivity (Wildman–Crippen MR) is 107 cm³/mol. The lowest BCUT2D eigenvalue weighted by atomic mass is 9.72. The highest BCUT2D eigenvalue weighted by Gasteiger charge is 2.40. The number of piperidine rings is 1. The minimum Gasteiger partial charge on any atom is -0.361 e. The molecule has 4 heteroatoms. The van der Waals surface area contributed by atoms with Crippen molar-refractivity contribution in [2.45, 2.75) is 45.1 Å². The summed E-state index contributed by atoms with van der Waals surface area (Å²) in [5.74, 6) is 3.39. The molecule has 1 aromatic heterocycles. The first-order valence-corrected chi connectivity index (χ1v) is 10.7. The molecule has 2 unspecified atom stereocenters. The molecule has 1 saturated heterocycles. The number of H-pyrrole nitrogens is 1. The van der Waals surface area contributed by atoms with Gasteiger partial charge in [-0.25, -0.2) is 0 Å². The van der Waals surface area contributed by atoms with Gasteiger partial charge in [-0.2, -0.15) is 11.8 Å². The first-order valence-electron chi connectivity index (χ1n) is 9.57. The van der Waals surface area contributed by atoms with Crippen LogP contribution in [0.5, 0.6) is 0 Å². The van der Waals surface area contributed by atoms with Crippen molar-refractivity contribution >= 4 is 28.4 Å². The van der Waals surface area contributed by atoms with E-state index in [9.17, 15) is 4.79 Å². The zero-order valence-corrected chi connectivity index (χ0v) is 16.1. The number of nitrogens with one attached hydrogen (secondary N) is 1. The summed E-state index contributed by atoms with van der Waals surface area (Å²) in [4.78, 5) is 17.5. The molecule has 1 aromatic carbocycles. The van der Waals surface area contributed by atoms with Gasteiger partial charge in [-0.3, -0.25) is 9.69 Å². The molecule has 3 atom stereocenters. The van der Waals surface area contributed by atoms with Gasteiger partial charge in [-0.1, -0.05) is 19.1 Å². The third kappa shape index (κ3) is 3.26. The number of Topliss-reactive ketones (excluding diaryl/α,β-unsaturated/α-hetero) is 1. The third-order valence-corrected chi connectivity index (χ3v) is 7.15. The number of aromatic amines is 1. The van der Waals surface area contributed by atoms with E-state index in [0.29, 0.717) is 29.4 Å².